The lowest BCUT2D eigenvalue weighted by Gasteiger charge is -2.22. The van der Waals surface area contributed by atoms with Crippen molar-refractivity contribution >= 4 is 23.6 Å². The van der Waals surface area contributed by atoms with Crippen molar-refractivity contribution < 1.29 is 19.1 Å². The molecule has 0 aliphatic heterocycles. The molecule has 0 spiro atoms. The van der Waals surface area contributed by atoms with Crippen molar-refractivity contribution in [3.05, 3.63) is 35.6 Å². The summed E-state index contributed by atoms with van der Waals surface area (Å²) < 4.78 is 13.5. The molecule has 0 bridgehead atoms. The number of amides is 2. The second-order valence-corrected chi connectivity index (χ2v) is 5.98. The third-order valence-corrected chi connectivity index (χ3v) is 3.95. The summed E-state index contributed by atoms with van der Waals surface area (Å²) in [7, 11) is 0. The van der Waals surface area contributed by atoms with E-state index in [2.05, 4.69) is 0 Å². The highest BCUT2D eigenvalue weighted by molar-refractivity contribution is 7.99. The predicted octanol–water partition coefficient (Wildman–Crippen LogP) is 0.500. The number of benzene rings is 1. The van der Waals surface area contributed by atoms with Gasteiger partial charge in [0.25, 0.3) is 11.8 Å². The highest BCUT2D eigenvalue weighted by Crippen LogP contribution is 2.11. The molecule has 0 saturated heterocycles. The first-order valence-corrected chi connectivity index (χ1v) is 7.94. The lowest BCUT2D eigenvalue weighted by Crippen LogP contribution is -2.53. The van der Waals surface area contributed by atoms with Crippen molar-refractivity contribution in [3.63, 3.8) is 0 Å². The van der Waals surface area contributed by atoms with E-state index in [4.69, 9.17) is 11.6 Å². The fourth-order valence-corrected chi connectivity index (χ4v) is 2.44. The number of carbonyl (C=O) groups excluding carboxylic acids is 2. The quantitative estimate of drug-likeness (QED) is 0.291. The standard InChI is InChI=1S/C14H20FN3O3S/c1-2-22-8-7-11(16)12(19)14(21)18(17)13(20)9-5-3-4-6-10(9)15/h3-6,11-12,19H,2,7-8,16-17H2,1H3/t11-,12?/m1/s1. The molecule has 1 rings (SSSR count). The summed E-state index contributed by atoms with van der Waals surface area (Å²) in [5.41, 5.74) is 5.37. The molecule has 0 aliphatic rings. The average molecular weight is 329 g/mol. The van der Waals surface area contributed by atoms with Crippen LogP contribution in [-0.4, -0.2) is 45.6 Å². The van der Waals surface area contributed by atoms with Crippen molar-refractivity contribution in [3.8, 4) is 0 Å². The number of halogens is 1. The van der Waals surface area contributed by atoms with E-state index in [9.17, 15) is 19.1 Å². The summed E-state index contributed by atoms with van der Waals surface area (Å²) in [5.74, 6) is 4.09. The molecule has 0 radical (unpaired) electrons. The number of hydrazine groups is 1. The average Bonchev–Trinajstić information content (AvgIpc) is 2.52. The van der Waals surface area contributed by atoms with Gasteiger partial charge in [-0.2, -0.15) is 11.8 Å². The summed E-state index contributed by atoms with van der Waals surface area (Å²) >= 11 is 1.62. The zero-order valence-electron chi connectivity index (χ0n) is 12.2. The lowest BCUT2D eigenvalue weighted by molar-refractivity contribution is -0.138. The Morgan fingerprint density at radius 3 is 2.64 bits per heavy atom. The van der Waals surface area contributed by atoms with Gasteiger partial charge in [0.1, 0.15) is 11.9 Å². The summed E-state index contributed by atoms with van der Waals surface area (Å²) in [6.07, 6.45) is -1.22. The van der Waals surface area contributed by atoms with Crippen molar-refractivity contribution in [1.29, 1.82) is 0 Å². The first-order chi connectivity index (χ1) is 10.4. The minimum Gasteiger partial charge on any atom is -0.382 e. The smallest absolute Gasteiger partial charge is 0.277 e. The van der Waals surface area contributed by atoms with Gasteiger partial charge in [0.2, 0.25) is 0 Å². The Labute approximate surface area is 132 Å². The zero-order valence-corrected chi connectivity index (χ0v) is 13.1. The molecule has 22 heavy (non-hydrogen) atoms. The maximum absolute atomic E-state index is 13.5. The predicted molar refractivity (Wildman–Crippen MR) is 83.4 cm³/mol. The van der Waals surface area contributed by atoms with Crippen molar-refractivity contribution in [2.24, 2.45) is 11.6 Å². The van der Waals surface area contributed by atoms with E-state index in [1.807, 2.05) is 6.92 Å². The van der Waals surface area contributed by atoms with Crippen LogP contribution in [0.1, 0.15) is 23.7 Å². The summed E-state index contributed by atoms with van der Waals surface area (Å²) in [6.45, 7) is 1.98. The first kappa shape index (κ1) is 18.6. The van der Waals surface area contributed by atoms with Crippen LogP contribution in [-0.2, 0) is 4.79 Å². The Morgan fingerprint density at radius 2 is 2.05 bits per heavy atom. The van der Waals surface area contributed by atoms with E-state index in [-0.39, 0.29) is 10.6 Å². The second kappa shape index (κ2) is 8.84. The molecule has 1 aromatic carbocycles. The van der Waals surface area contributed by atoms with Crippen LogP contribution in [0.25, 0.3) is 0 Å². The van der Waals surface area contributed by atoms with Crippen LogP contribution >= 0.6 is 11.8 Å². The van der Waals surface area contributed by atoms with E-state index >= 15 is 0 Å². The van der Waals surface area contributed by atoms with Gasteiger partial charge in [0, 0.05) is 6.04 Å². The van der Waals surface area contributed by atoms with Crippen LogP contribution in [0.2, 0.25) is 0 Å². The van der Waals surface area contributed by atoms with Gasteiger partial charge in [0.15, 0.2) is 0 Å². The molecule has 2 amide bonds. The number of rotatable bonds is 7. The molecule has 122 valence electrons. The minimum absolute atomic E-state index is 0.204. The highest BCUT2D eigenvalue weighted by atomic mass is 32.2. The molecular weight excluding hydrogens is 309 g/mol. The molecule has 0 aromatic heterocycles. The van der Waals surface area contributed by atoms with Gasteiger partial charge in [-0.3, -0.25) is 9.59 Å². The summed E-state index contributed by atoms with van der Waals surface area (Å²) in [4.78, 5) is 23.9. The lowest BCUT2D eigenvalue weighted by atomic mass is 10.1. The van der Waals surface area contributed by atoms with E-state index in [0.717, 1.165) is 11.8 Å². The van der Waals surface area contributed by atoms with E-state index in [1.165, 1.54) is 18.2 Å². The van der Waals surface area contributed by atoms with Crippen LogP contribution in [0.15, 0.2) is 24.3 Å². The molecule has 5 N–H and O–H groups in total. The fraction of sp³-hybridized carbons (Fsp3) is 0.429. The number of imide groups is 1. The Hall–Kier alpha value is -1.48. The van der Waals surface area contributed by atoms with Crippen LogP contribution in [0.3, 0.4) is 0 Å². The zero-order chi connectivity index (χ0) is 16.7. The highest BCUT2D eigenvalue weighted by Gasteiger charge is 2.30. The van der Waals surface area contributed by atoms with Crippen LogP contribution in [0, 0.1) is 5.82 Å². The van der Waals surface area contributed by atoms with E-state index in [0.29, 0.717) is 12.2 Å². The van der Waals surface area contributed by atoms with Gasteiger partial charge in [-0.15, -0.1) is 0 Å². The molecule has 8 heteroatoms. The molecular formula is C14H20FN3O3S. The fourth-order valence-electron chi connectivity index (χ4n) is 1.71. The van der Waals surface area contributed by atoms with Gasteiger partial charge in [0.05, 0.1) is 5.56 Å². The number of thioether (sulfide) groups is 1. The third-order valence-electron chi connectivity index (χ3n) is 3.02. The number of carbonyl (C=O) groups is 2. The first-order valence-electron chi connectivity index (χ1n) is 6.79. The summed E-state index contributed by atoms with van der Waals surface area (Å²) in [5, 5.41) is 10.1. The number of nitrogens with two attached hydrogens (primary N) is 2. The van der Waals surface area contributed by atoms with Crippen LogP contribution < -0.4 is 11.6 Å². The molecule has 0 heterocycles. The molecule has 2 atom stereocenters. The number of nitrogens with zero attached hydrogens (tertiary/aromatic N) is 1. The maximum atomic E-state index is 13.5. The molecule has 0 aliphatic carbocycles. The Morgan fingerprint density at radius 1 is 1.41 bits per heavy atom. The topological polar surface area (TPSA) is 110 Å². The summed E-state index contributed by atoms with van der Waals surface area (Å²) in [6, 6.07) is 4.29. The molecule has 1 aromatic rings. The maximum Gasteiger partial charge on any atom is 0.277 e. The van der Waals surface area contributed by atoms with Crippen molar-refractivity contribution in [1.82, 2.24) is 5.01 Å². The van der Waals surface area contributed by atoms with Gasteiger partial charge in [-0.05, 0) is 30.1 Å². The van der Waals surface area contributed by atoms with Gasteiger partial charge in [-0.1, -0.05) is 19.1 Å². The number of hydrogen-bond acceptors (Lipinski definition) is 6. The SMILES string of the molecule is CCSCC[C@@H](N)C(O)C(=O)N(N)C(=O)c1ccccc1F. The second-order valence-electron chi connectivity index (χ2n) is 4.59. The Kier molecular flexibility index (Phi) is 7.46. The monoisotopic (exact) mass is 329 g/mol. The minimum atomic E-state index is -1.61. The molecule has 6 nitrogen and oxygen atoms in total. The number of aliphatic hydroxyl groups is 1. The van der Waals surface area contributed by atoms with Crippen LogP contribution in [0.4, 0.5) is 4.39 Å². The van der Waals surface area contributed by atoms with Gasteiger partial charge >= 0.3 is 0 Å². The van der Waals surface area contributed by atoms with Crippen molar-refractivity contribution in [2.75, 3.05) is 11.5 Å². The normalized spacial score (nSPS) is 13.5. The molecule has 1 unspecified atom stereocenters. The van der Waals surface area contributed by atoms with E-state index < -0.39 is 29.8 Å². The van der Waals surface area contributed by atoms with Gasteiger partial charge in [-0.25, -0.2) is 15.2 Å². The van der Waals surface area contributed by atoms with Crippen LogP contribution in [0.5, 0.6) is 0 Å². The van der Waals surface area contributed by atoms with Crippen molar-refractivity contribution in [2.45, 2.75) is 25.5 Å². The number of aliphatic hydroxyl groups excluding tert-OH is 1. The Balaban J connectivity index is 2.71. The molecule has 0 fully saturated rings. The van der Waals surface area contributed by atoms with E-state index in [1.54, 1.807) is 11.8 Å². The third kappa shape index (κ3) is 4.77. The Bertz CT molecular complexity index is 530. The van der Waals surface area contributed by atoms with Gasteiger partial charge < -0.3 is 10.8 Å². The largest absolute Gasteiger partial charge is 0.382 e. The molecule has 0 saturated carbocycles. The number of hydrogen-bond donors (Lipinski definition) is 3.